The van der Waals surface area contributed by atoms with Crippen LogP contribution in [0.1, 0.15) is 31.3 Å². The molecule has 0 aliphatic carbocycles. The molecular weight excluding hydrogens is 264 g/mol. The lowest BCUT2D eigenvalue weighted by Crippen LogP contribution is -2.41. The molecular formula is C12H20N4O2S. The van der Waals surface area contributed by atoms with Gasteiger partial charge >= 0.3 is 0 Å². The Morgan fingerprint density at radius 3 is 2.53 bits per heavy atom. The highest BCUT2D eigenvalue weighted by molar-refractivity contribution is 7.91. The largest absolute Gasteiger partial charge is 0.367 e. The van der Waals surface area contributed by atoms with Crippen molar-refractivity contribution in [2.45, 2.75) is 26.3 Å². The van der Waals surface area contributed by atoms with Crippen LogP contribution in [0.5, 0.6) is 0 Å². The monoisotopic (exact) mass is 284 g/mol. The fourth-order valence-corrected chi connectivity index (χ4v) is 3.27. The van der Waals surface area contributed by atoms with Crippen molar-refractivity contribution in [3.05, 3.63) is 17.7 Å². The van der Waals surface area contributed by atoms with Gasteiger partial charge < -0.3 is 10.6 Å². The van der Waals surface area contributed by atoms with Crippen LogP contribution < -0.4 is 10.6 Å². The first-order valence-electron chi connectivity index (χ1n) is 6.44. The Balaban J connectivity index is 2.25. The van der Waals surface area contributed by atoms with E-state index in [2.05, 4.69) is 9.97 Å². The molecule has 0 aromatic carbocycles. The number of sulfone groups is 1. The van der Waals surface area contributed by atoms with Crippen LogP contribution in [0.3, 0.4) is 0 Å². The minimum Gasteiger partial charge on any atom is -0.367 e. The third-order valence-electron chi connectivity index (χ3n) is 3.26. The van der Waals surface area contributed by atoms with Crippen LogP contribution >= 0.6 is 0 Å². The van der Waals surface area contributed by atoms with Gasteiger partial charge in [-0.25, -0.2) is 18.4 Å². The molecule has 1 saturated heterocycles. The highest BCUT2D eigenvalue weighted by Gasteiger charge is 2.24. The normalized spacial score (nSPS) is 18.8. The van der Waals surface area contributed by atoms with E-state index < -0.39 is 9.84 Å². The summed E-state index contributed by atoms with van der Waals surface area (Å²) in [7, 11) is -2.88. The zero-order chi connectivity index (χ0) is 14.0. The van der Waals surface area contributed by atoms with Crippen LogP contribution in [0.15, 0.2) is 6.20 Å². The molecule has 1 aromatic heterocycles. The molecule has 19 heavy (non-hydrogen) atoms. The predicted octanol–water partition coefficient (Wildman–Crippen LogP) is 0.294. The fraction of sp³-hybridized carbons (Fsp3) is 0.667. The van der Waals surface area contributed by atoms with Crippen molar-refractivity contribution in [2.75, 3.05) is 29.5 Å². The van der Waals surface area contributed by atoms with Gasteiger partial charge in [-0.1, -0.05) is 13.8 Å². The van der Waals surface area contributed by atoms with Crippen LogP contribution in [-0.4, -0.2) is 43.0 Å². The average molecular weight is 284 g/mol. The average Bonchev–Trinajstić information content (AvgIpc) is 2.38. The summed E-state index contributed by atoms with van der Waals surface area (Å²) in [6.07, 6.45) is 1.77. The molecule has 0 spiro atoms. The molecule has 0 bridgehead atoms. The van der Waals surface area contributed by atoms with Gasteiger partial charge in [0.25, 0.3) is 0 Å². The Morgan fingerprint density at radius 2 is 2.00 bits per heavy atom. The van der Waals surface area contributed by atoms with Gasteiger partial charge in [-0.05, 0) is 0 Å². The van der Waals surface area contributed by atoms with Crippen LogP contribution in [0, 0.1) is 0 Å². The van der Waals surface area contributed by atoms with Gasteiger partial charge in [0.15, 0.2) is 9.84 Å². The Morgan fingerprint density at radius 1 is 1.37 bits per heavy atom. The lowest BCUT2D eigenvalue weighted by Gasteiger charge is -2.29. The maximum Gasteiger partial charge on any atom is 0.153 e. The molecule has 0 atom stereocenters. The summed E-state index contributed by atoms with van der Waals surface area (Å²) in [5.41, 5.74) is 7.40. The Hall–Kier alpha value is -1.21. The maximum atomic E-state index is 11.4. The SMILES string of the molecule is CC(C)c1ncc(N2CCS(=O)(=O)CC2)c(CN)n1. The van der Waals surface area contributed by atoms with Gasteiger partial charge in [0.05, 0.1) is 29.1 Å². The number of nitrogens with two attached hydrogens (primary N) is 1. The van der Waals surface area contributed by atoms with E-state index in [-0.39, 0.29) is 17.4 Å². The van der Waals surface area contributed by atoms with Gasteiger partial charge in [-0.15, -0.1) is 0 Å². The second kappa shape index (κ2) is 5.42. The number of hydrogen-bond donors (Lipinski definition) is 1. The van der Waals surface area contributed by atoms with Crippen molar-refractivity contribution >= 4 is 15.5 Å². The highest BCUT2D eigenvalue weighted by Crippen LogP contribution is 2.21. The number of anilines is 1. The van der Waals surface area contributed by atoms with E-state index in [1.807, 2.05) is 18.7 Å². The summed E-state index contributed by atoms with van der Waals surface area (Å²) in [6, 6.07) is 0. The van der Waals surface area contributed by atoms with E-state index in [9.17, 15) is 8.42 Å². The molecule has 6 nitrogen and oxygen atoms in total. The lowest BCUT2D eigenvalue weighted by molar-refractivity contribution is 0.586. The van der Waals surface area contributed by atoms with Crippen LogP contribution in [0.4, 0.5) is 5.69 Å². The van der Waals surface area contributed by atoms with Crippen LogP contribution in [-0.2, 0) is 16.4 Å². The summed E-state index contributed by atoms with van der Waals surface area (Å²) in [4.78, 5) is 10.8. The second-order valence-corrected chi connectivity index (χ2v) is 7.36. The molecule has 2 N–H and O–H groups in total. The summed E-state index contributed by atoms with van der Waals surface area (Å²) in [6.45, 7) is 5.37. The molecule has 106 valence electrons. The summed E-state index contributed by atoms with van der Waals surface area (Å²) >= 11 is 0. The summed E-state index contributed by atoms with van der Waals surface area (Å²) in [5, 5.41) is 0. The van der Waals surface area contributed by atoms with E-state index in [1.165, 1.54) is 0 Å². The van der Waals surface area contributed by atoms with E-state index in [4.69, 9.17) is 5.73 Å². The molecule has 1 aliphatic rings. The van der Waals surface area contributed by atoms with Gasteiger partial charge in [0.1, 0.15) is 5.82 Å². The number of aromatic nitrogens is 2. The van der Waals surface area contributed by atoms with Gasteiger partial charge in [-0.3, -0.25) is 0 Å². The van der Waals surface area contributed by atoms with Crippen molar-refractivity contribution in [3.63, 3.8) is 0 Å². The van der Waals surface area contributed by atoms with Gasteiger partial charge in [-0.2, -0.15) is 0 Å². The summed E-state index contributed by atoms with van der Waals surface area (Å²) < 4.78 is 22.9. The minimum atomic E-state index is -2.88. The highest BCUT2D eigenvalue weighted by atomic mass is 32.2. The number of rotatable bonds is 3. The molecule has 0 unspecified atom stereocenters. The van der Waals surface area contributed by atoms with Crippen molar-refractivity contribution < 1.29 is 8.42 Å². The first kappa shape index (κ1) is 14.2. The first-order valence-corrected chi connectivity index (χ1v) is 8.26. The molecule has 2 heterocycles. The van der Waals surface area contributed by atoms with Crippen LogP contribution in [0.25, 0.3) is 0 Å². The molecule has 2 rings (SSSR count). The van der Waals surface area contributed by atoms with Crippen molar-refractivity contribution in [1.29, 1.82) is 0 Å². The lowest BCUT2D eigenvalue weighted by atomic mass is 10.2. The quantitative estimate of drug-likeness (QED) is 0.858. The first-order chi connectivity index (χ1) is 8.93. The summed E-state index contributed by atoms with van der Waals surface area (Å²) in [5.74, 6) is 1.39. The molecule has 1 fully saturated rings. The Labute approximate surface area is 114 Å². The third-order valence-corrected chi connectivity index (χ3v) is 4.87. The maximum absolute atomic E-state index is 11.4. The zero-order valence-electron chi connectivity index (χ0n) is 11.3. The van der Waals surface area contributed by atoms with Gasteiger partial charge in [0, 0.05) is 25.6 Å². The zero-order valence-corrected chi connectivity index (χ0v) is 12.2. The van der Waals surface area contributed by atoms with Crippen molar-refractivity contribution in [3.8, 4) is 0 Å². The standard InChI is InChI=1S/C12H20N4O2S/c1-9(2)12-14-8-11(10(7-13)15-12)16-3-5-19(17,18)6-4-16/h8-9H,3-7,13H2,1-2H3. The smallest absolute Gasteiger partial charge is 0.153 e. The number of hydrogen-bond acceptors (Lipinski definition) is 6. The van der Waals surface area contributed by atoms with Crippen molar-refractivity contribution in [2.24, 2.45) is 5.73 Å². The molecule has 7 heteroatoms. The van der Waals surface area contributed by atoms with Crippen LogP contribution in [0.2, 0.25) is 0 Å². The van der Waals surface area contributed by atoms with E-state index in [0.717, 1.165) is 17.2 Å². The molecule has 0 saturated carbocycles. The van der Waals surface area contributed by atoms with E-state index in [1.54, 1.807) is 6.20 Å². The Bertz CT molecular complexity index is 543. The van der Waals surface area contributed by atoms with E-state index >= 15 is 0 Å². The molecule has 1 aromatic rings. The topological polar surface area (TPSA) is 89.2 Å². The predicted molar refractivity (Wildman–Crippen MR) is 74.9 cm³/mol. The molecule has 0 radical (unpaired) electrons. The fourth-order valence-electron chi connectivity index (χ4n) is 2.07. The third kappa shape index (κ3) is 3.22. The number of nitrogens with zero attached hydrogens (tertiary/aromatic N) is 3. The minimum absolute atomic E-state index is 0.183. The van der Waals surface area contributed by atoms with Crippen molar-refractivity contribution in [1.82, 2.24) is 9.97 Å². The van der Waals surface area contributed by atoms with Gasteiger partial charge in [0.2, 0.25) is 0 Å². The molecule has 1 aliphatic heterocycles. The Kier molecular flexibility index (Phi) is 4.05. The second-order valence-electron chi connectivity index (χ2n) is 5.06. The molecule has 0 amide bonds. The van der Waals surface area contributed by atoms with E-state index in [0.29, 0.717) is 19.6 Å².